The largest absolute Gasteiger partial charge is 0.411 e. The molecule has 6 heteroatoms. The third-order valence-corrected chi connectivity index (χ3v) is 2.84. The molecule has 102 valence electrons. The molecule has 2 N–H and O–H groups in total. The molecule has 0 radical (unpaired) electrons. The van der Waals surface area contributed by atoms with Gasteiger partial charge in [0.15, 0.2) is 0 Å². The lowest BCUT2D eigenvalue weighted by Crippen LogP contribution is -2.32. The van der Waals surface area contributed by atoms with Crippen LogP contribution in [0.5, 0.6) is 0 Å². The normalized spacial score (nSPS) is 15.4. The van der Waals surface area contributed by atoms with Crippen molar-refractivity contribution in [3.05, 3.63) is 34.9 Å². The first-order valence-corrected chi connectivity index (χ1v) is 5.91. The molecular weight excluding hydrogens is 267 g/mol. The molecule has 0 spiro atoms. The summed E-state index contributed by atoms with van der Waals surface area (Å²) in [6, 6.07) is 6.08. The van der Waals surface area contributed by atoms with Gasteiger partial charge in [-0.3, -0.25) is 0 Å². The molecule has 2 nitrogen and oxygen atoms in total. The van der Waals surface area contributed by atoms with Crippen LogP contribution in [0.3, 0.4) is 0 Å². The van der Waals surface area contributed by atoms with Crippen LogP contribution in [-0.2, 0) is 4.74 Å². The van der Waals surface area contributed by atoms with Gasteiger partial charge in [0.05, 0.1) is 6.10 Å². The smallest absolute Gasteiger partial charge is 0.362 e. The second-order valence-corrected chi connectivity index (χ2v) is 4.35. The molecule has 0 amide bonds. The number of hydrogen-bond donors (Lipinski definition) is 1. The van der Waals surface area contributed by atoms with E-state index in [1.54, 1.807) is 31.2 Å². The zero-order valence-corrected chi connectivity index (χ0v) is 10.6. The predicted octanol–water partition coefficient (Wildman–Crippen LogP) is 3.70. The second-order valence-electron chi connectivity index (χ2n) is 3.94. The highest BCUT2D eigenvalue weighted by Crippen LogP contribution is 2.30. The van der Waals surface area contributed by atoms with Crippen molar-refractivity contribution in [1.82, 2.24) is 0 Å². The minimum Gasteiger partial charge on any atom is -0.362 e. The van der Waals surface area contributed by atoms with Gasteiger partial charge in [-0.1, -0.05) is 36.7 Å². The molecule has 0 fully saturated rings. The Kier molecular flexibility index (Phi) is 5.44. The lowest BCUT2D eigenvalue weighted by molar-refractivity contribution is -0.188. The van der Waals surface area contributed by atoms with Gasteiger partial charge in [0.1, 0.15) is 6.61 Å². The average molecular weight is 282 g/mol. The summed E-state index contributed by atoms with van der Waals surface area (Å²) >= 11 is 5.95. The van der Waals surface area contributed by atoms with E-state index in [-0.39, 0.29) is 0 Å². The van der Waals surface area contributed by atoms with Crippen molar-refractivity contribution in [1.29, 1.82) is 0 Å². The van der Waals surface area contributed by atoms with Crippen molar-refractivity contribution in [3.8, 4) is 0 Å². The molecular formula is C12H15ClF3NO. The van der Waals surface area contributed by atoms with Crippen molar-refractivity contribution in [3.63, 3.8) is 0 Å². The van der Waals surface area contributed by atoms with Gasteiger partial charge in [-0.25, -0.2) is 0 Å². The lowest BCUT2D eigenvalue weighted by Gasteiger charge is -2.25. The molecule has 0 aliphatic rings. The van der Waals surface area contributed by atoms with Gasteiger partial charge < -0.3 is 10.5 Å². The topological polar surface area (TPSA) is 35.2 Å². The second kappa shape index (κ2) is 6.41. The predicted molar refractivity (Wildman–Crippen MR) is 64.5 cm³/mol. The highest BCUT2D eigenvalue weighted by molar-refractivity contribution is 6.31. The van der Waals surface area contributed by atoms with Crippen LogP contribution >= 0.6 is 11.6 Å². The number of benzene rings is 1. The van der Waals surface area contributed by atoms with Crippen LogP contribution in [0.25, 0.3) is 0 Å². The first-order valence-electron chi connectivity index (χ1n) is 5.53. The van der Waals surface area contributed by atoms with E-state index >= 15 is 0 Å². The maximum Gasteiger partial charge on any atom is 0.411 e. The monoisotopic (exact) mass is 281 g/mol. The molecule has 0 heterocycles. The molecule has 0 aliphatic heterocycles. The van der Waals surface area contributed by atoms with Crippen LogP contribution in [0.4, 0.5) is 13.2 Å². The van der Waals surface area contributed by atoms with E-state index < -0.39 is 24.9 Å². The van der Waals surface area contributed by atoms with Crippen LogP contribution in [0.15, 0.2) is 24.3 Å². The van der Waals surface area contributed by atoms with Crippen LogP contribution in [0, 0.1) is 0 Å². The van der Waals surface area contributed by atoms with Gasteiger partial charge in [0, 0.05) is 16.6 Å². The molecule has 1 aromatic rings. The average Bonchev–Trinajstić information content (AvgIpc) is 2.29. The fraction of sp³-hybridized carbons (Fsp3) is 0.500. The van der Waals surface area contributed by atoms with Crippen LogP contribution in [0.2, 0.25) is 5.02 Å². The number of alkyl halides is 3. The van der Waals surface area contributed by atoms with Crippen molar-refractivity contribution >= 4 is 11.6 Å². The highest BCUT2D eigenvalue weighted by atomic mass is 35.5. The maximum absolute atomic E-state index is 12.2. The molecule has 1 aromatic carbocycles. The number of halogens is 4. The van der Waals surface area contributed by atoms with Crippen molar-refractivity contribution in [2.45, 2.75) is 31.7 Å². The minimum atomic E-state index is -4.38. The van der Waals surface area contributed by atoms with Gasteiger partial charge in [-0.05, 0) is 12.5 Å². The number of nitrogens with two attached hydrogens (primary N) is 1. The Bertz CT molecular complexity index is 384. The van der Waals surface area contributed by atoms with Gasteiger partial charge >= 0.3 is 6.18 Å². The van der Waals surface area contributed by atoms with E-state index in [1.807, 2.05) is 0 Å². The Morgan fingerprint density at radius 3 is 2.44 bits per heavy atom. The molecule has 18 heavy (non-hydrogen) atoms. The number of hydrogen-bond acceptors (Lipinski definition) is 2. The van der Waals surface area contributed by atoms with E-state index in [1.165, 1.54) is 0 Å². The molecule has 0 saturated carbocycles. The Hall–Kier alpha value is -0.780. The molecule has 2 unspecified atom stereocenters. The van der Waals surface area contributed by atoms with Gasteiger partial charge in [0.25, 0.3) is 0 Å². The van der Waals surface area contributed by atoms with Gasteiger partial charge in [-0.15, -0.1) is 0 Å². The Morgan fingerprint density at radius 1 is 1.33 bits per heavy atom. The Morgan fingerprint density at radius 2 is 1.94 bits per heavy atom. The van der Waals surface area contributed by atoms with Crippen LogP contribution in [0.1, 0.15) is 25.0 Å². The zero-order valence-electron chi connectivity index (χ0n) is 9.88. The molecule has 1 rings (SSSR count). The fourth-order valence-corrected chi connectivity index (χ4v) is 1.79. The molecule has 0 bridgehead atoms. The summed E-state index contributed by atoms with van der Waals surface area (Å²) in [5.74, 6) is 0. The molecule has 0 aliphatic carbocycles. The Labute approximate surface area is 109 Å². The Balaban J connectivity index is 2.89. The summed E-state index contributed by atoms with van der Waals surface area (Å²) in [6.07, 6.45) is -4.74. The summed E-state index contributed by atoms with van der Waals surface area (Å²) in [4.78, 5) is 0. The summed E-state index contributed by atoms with van der Waals surface area (Å²) in [5.41, 5.74) is 6.28. The molecule has 0 aromatic heterocycles. The first-order chi connectivity index (χ1) is 8.35. The van der Waals surface area contributed by atoms with Gasteiger partial charge in [-0.2, -0.15) is 13.2 Å². The van der Waals surface area contributed by atoms with E-state index in [0.717, 1.165) is 0 Å². The third kappa shape index (κ3) is 4.48. The summed E-state index contributed by atoms with van der Waals surface area (Å²) in [5, 5.41) is 0.355. The van der Waals surface area contributed by atoms with E-state index in [2.05, 4.69) is 0 Å². The summed E-state index contributed by atoms with van der Waals surface area (Å²) in [6.45, 7) is 0.446. The van der Waals surface area contributed by atoms with Crippen molar-refractivity contribution < 1.29 is 17.9 Å². The maximum atomic E-state index is 12.2. The standard InChI is InChI=1S/C12H15ClF3NO/c1-2-10(17)11(18-7-12(14,15)16)8-5-3-4-6-9(8)13/h3-6,10-11H,2,7,17H2,1H3. The minimum absolute atomic E-state index is 0.355. The van der Waals surface area contributed by atoms with E-state index in [9.17, 15) is 13.2 Å². The molecule has 0 saturated heterocycles. The highest BCUT2D eigenvalue weighted by Gasteiger charge is 2.31. The van der Waals surface area contributed by atoms with Crippen LogP contribution < -0.4 is 5.73 Å². The third-order valence-electron chi connectivity index (χ3n) is 2.50. The summed E-state index contributed by atoms with van der Waals surface area (Å²) < 4.78 is 41.5. The van der Waals surface area contributed by atoms with E-state index in [4.69, 9.17) is 22.1 Å². The zero-order chi connectivity index (χ0) is 13.8. The number of ether oxygens (including phenoxy) is 1. The van der Waals surface area contributed by atoms with Gasteiger partial charge in [0.2, 0.25) is 0 Å². The lowest BCUT2D eigenvalue weighted by atomic mass is 10.0. The quantitative estimate of drug-likeness (QED) is 0.893. The molecule has 2 atom stereocenters. The SMILES string of the molecule is CCC(N)C(OCC(F)(F)F)c1ccccc1Cl. The van der Waals surface area contributed by atoms with Crippen molar-refractivity contribution in [2.24, 2.45) is 5.73 Å². The first kappa shape index (κ1) is 15.3. The van der Waals surface area contributed by atoms with E-state index in [0.29, 0.717) is 17.0 Å². The fourth-order valence-electron chi connectivity index (χ4n) is 1.55. The van der Waals surface area contributed by atoms with Crippen molar-refractivity contribution in [2.75, 3.05) is 6.61 Å². The number of rotatable bonds is 5. The summed E-state index contributed by atoms with van der Waals surface area (Å²) in [7, 11) is 0. The van der Waals surface area contributed by atoms with Crippen LogP contribution in [-0.4, -0.2) is 18.8 Å².